The molecule has 0 atom stereocenters. The van der Waals surface area contributed by atoms with E-state index in [9.17, 15) is 9.59 Å². The number of halogens is 2. The van der Waals surface area contributed by atoms with E-state index in [1.54, 1.807) is 61.5 Å². The molecule has 1 aliphatic rings. The summed E-state index contributed by atoms with van der Waals surface area (Å²) in [5.74, 6) is 0.376. The van der Waals surface area contributed by atoms with E-state index < -0.39 is 5.91 Å². The van der Waals surface area contributed by atoms with Crippen molar-refractivity contribution in [2.45, 2.75) is 6.92 Å². The number of benzene rings is 3. The van der Waals surface area contributed by atoms with Crippen LogP contribution in [0.4, 0.5) is 5.69 Å². The highest BCUT2D eigenvalue weighted by Crippen LogP contribution is 2.36. The average molecular weight is 398 g/mol. The Kier molecular flexibility index (Phi) is 4.38. The summed E-state index contributed by atoms with van der Waals surface area (Å²) in [6.07, 6.45) is 0. The van der Waals surface area contributed by atoms with E-state index in [1.807, 2.05) is 0 Å². The minimum Gasteiger partial charge on any atom is -0.457 e. The van der Waals surface area contributed by atoms with Crippen LogP contribution >= 0.6 is 23.2 Å². The van der Waals surface area contributed by atoms with Crippen LogP contribution in [0.5, 0.6) is 11.5 Å². The predicted octanol–water partition coefficient (Wildman–Crippen LogP) is 5.89. The highest BCUT2D eigenvalue weighted by atomic mass is 35.5. The van der Waals surface area contributed by atoms with Crippen molar-refractivity contribution in [2.75, 3.05) is 4.90 Å². The van der Waals surface area contributed by atoms with Crippen LogP contribution in [-0.4, -0.2) is 11.8 Å². The predicted molar refractivity (Wildman–Crippen MR) is 105 cm³/mol. The van der Waals surface area contributed by atoms with Gasteiger partial charge in [-0.3, -0.25) is 9.59 Å². The Hall–Kier alpha value is -2.82. The minimum atomic E-state index is -0.399. The van der Waals surface area contributed by atoms with Crippen LogP contribution in [0.1, 0.15) is 26.3 Å². The molecule has 27 heavy (non-hydrogen) atoms. The molecule has 1 aliphatic heterocycles. The monoisotopic (exact) mass is 397 g/mol. The van der Waals surface area contributed by atoms with E-state index >= 15 is 0 Å². The number of nitrogens with zero attached hydrogens (tertiary/aromatic N) is 1. The van der Waals surface area contributed by atoms with Gasteiger partial charge in [0.1, 0.15) is 11.5 Å². The molecule has 134 valence electrons. The molecule has 4 rings (SSSR count). The third kappa shape index (κ3) is 3.07. The van der Waals surface area contributed by atoms with Gasteiger partial charge >= 0.3 is 0 Å². The third-order valence-electron chi connectivity index (χ3n) is 4.39. The van der Waals surface area contributed by atoms with Crippen molar-refractivity contribution < 1.29 is 14.3 Å². The standard InChI is InChI=1S/C21H13Cl2NO3/c1-12-18(3-2-4-19(12)27-15-8-5-13(22)6-9-15)24-20(25)16-10-7-14(23)11-17(16)21(24)26/h2-11H,1H3. The van der Waals surface area contributed by atoms with Crippen molar-refractivity contribution in [2.24, 2.45) is 0 Å². The van der Waals surface area contributed by atoms with E-state index in [0.29, 0.717) is 43.9 Å². The first-order chi connectivity index (χ1) is 13.0. The van der Waals surface area contributed by atoms with E-state index in [2.05, 4.69) is 0 Å². The Morgan fingerprint density at radius 2 is 1.48 bits per heavy atom. The number of hydrogen-bond donors (Lipinski definition) is 0. The minimum absolute atomic E-state index is 0.302. The summed E-state index contributed by atoms with van der Waals surface area (Å²) in [6, 6.07) is 16.9. The molecule has 3 aromatic carbocycles. The first-order valence-corrected chi connectivity index (χ1v) is 8.92. The van der Waals surface area contributed by atoms with Crippen LogP contribution in [0.2, 0.25) is 10.0 Å². The second-order valence-electron chi connectivity index (χ2n) is 6.09. The zero-order valence-corrected chi connectivity index (χ0v) is 15.7. The van der Waals surface area contributed by atoms with Crippen LogP contribution in [0.15, 0.2) is 60.7 Å². The molecule has 0 saturated carbocycles. The van der Waals surface area contributed by atoms with E-state index in [1.165, 1.54) is 6.07 Å². The van der Waals surface area contributed by atoms with Gasteiger partial charge in [0.25, 0.3) is 11.8 Å². The lowest BCUT2D eigenvalue weighted by Crippen LogP contribution is -2.30. The SMILES string of the molecule is Cc1c(Oc2ccc(Cl)cc2)cccc1N1C(=O)c2ccc(Cl)cc2C1=O. The smallest absolute Gasteiger partial charge is 0.266 e. The summed E-state index contributed by atoms with van der Waals surface area (Å²) in [5.41, 5.74) is 1.79. The van der Waals surface area contributed by atoms with Crippen LogP contribution in [-0.2, 0) is 0 Å². The summed E-state index contributed by atoms with van der Waals surface area (Å²) in [6.45, 7) is 1.80. The molecule has 0 spiro atoms. The van der Waals surface area contributed by atoms with Crippen molar-refractivity contribution in [3.63, 3.8) is 0 Å². The quantitative estimate of drug-likeness (QED) is 0.517. The fourth-order valence-electron chi connectivity index (χ4n) is 3.02. The normalized spacial score (nSPS) is 13.1. The number of carbonyl (C=O) groups is 2. The highest BCUT2D eigenvalue weighted by molar-refractivity contribution is 6.37. The van der Waals surface area contributed by atoms with E-state index in [4.69, 9.17) is 27.9 Å². The van der Waals surface area contributed by atoms with Gasteiger partial charge in [-0.2, -0.15) is 0 Å². The molecule has 0 aromatic heterocycles. The van der Waals surface area contributed by atoms with Crippen LogP contribution in [0.25, 0.3) is 0 Å². The lowest BCUT2D eigenvalue weighted by atomic mass is 10.1. The summed E-state index contributed by atoms with van der Waals surface area (Å²) in [4.78, 5) is 26.8. The van der Waals surface area contributed by atoms with Gasteiger partial charge in [-0.25, -0.2) is 4.90 Å². The molecular formula is C21H13Cl2NO3. The molecule has 3 aromatic rings. The lowest BCUT2D eigenvalue weighted by molar-refractivity contribution is 0.0926. The summed E-state index contributed by atoms with van der Waals surface area (Å²) in [5, 5.41) is 1.02. The van der Waals surface area contributed by atoms with Crippen LogP contribution in [0.3, 0.4) is 0 Å². The Balaban J connectivity index is 1.72. The number of imide groups is 1. The molecule has 1 heterocycles. The Morgan fingerprint density at radius 1 is 0.815 bits per heavy atom. The van der Waals surface area contributed by atoms with E-state index in [-0.39, 0.29) is 5.91 Å². The van der Waals surface area contributed by atoms with E-state index in [0.717, 1.165) is 4.90 Å². The molecule has 0 saturated heterocycles. The molecule has 0 aliphatic carbocycles. The second-order valence-corrected chi connectivity index (χ2v) is 6.96. The molecule has 0 N–H and O–H groups in total. The number of anilines is 1. The average Bonchev–Trinajstić information content (AvgIpc) is 2.89. The molecule has 0 unspecified atom stereocenters. The maximum absolute atomic E-state index is 12.8. The number of amides is 2. The maximum atomic E-state index is 12.8. The van der Waals surface area contributed by atoms with Gasteiger partial charge in [-0.1, -0.05) is 29.3 Å². The fraction of sp³-hybridized carbons (Fsp3) is 0.0476. The lowest BCUT2D eigenvalue weighted by Gasteiger charge is -2.19. The largest absolute Gasteiger partial charge is 0.457 e. The number of carbonyl (C=O) groups excluding carboxylic acids is 2. The maximum Gasteiger partial charge on any atom is 0.266 e. The third-order valence-corrected chi connectivity index (χ3v) is 4.87. The Morgan fingerprint density at radius 3 is 2.22 bits per heavy atom. The Bertz CT molecular complexity index is 1080. The van der Waals surface area contributed by atoms with Gasteiger partial charge in [0, 0.05) is 15.6 Å². The van der Waals surface area contributed by atoms with Gasteiger partial charge < -0.3 is 4.74 Å². The summed E-state index contributed by atoms with van der Waals surface area (Å²) in [7, 11) is 0. The van der Waals surface area contributed by atoms with Gasteiger partial charge in [0.15, 0.2) is 0 Å². The highest BCUT2D eigenvalue weighted by Gasteiger charge is 2.37. The van der Waals surface area contributed by atoms with Gasteiger partial charge in [0.05, 0.1) is 16.8 Å². The van der Waals surface area contributed by atoms with Gasteiger partial charge in [0.2, 0.25) is 0 Å². The zero-order chi connectivity index (χ0) is 19.1. The number of ether oxygens (including phenoxy) is 1. The first-order valence-electron chi connectivity index (χ1n) is 8.17. The van der Waals surface area contributed by atoms with Gasteiger partial charge in [-0.05, 0) is 61.5 Å². The van der Waals surface area contributed by atoms with Crippen molar-refractivity contribution in [1.29, 1.82) is 0 Å². The number of rotatable bonds is 3. The molecular weight excluding hydrogens is 385 g/mol. The molecule has 0 bridgehead atoms. The van der Waals surface area contributed by atoms with Crippen molar-refractivity contribution in [3.05, 3.63) is 87.4 Å². The zero-order valence-electron chi connectivity index (χ0n) is 14.2. The topological polar surface area (TPSA) is 46.6 Å². The summed E-state index contributed by atoms with van der Waals surface area (Å²) >= 11 is 11.9. The van der Waals surface area contributed by atoms with Crippen molar-refractivity contribution in [1.82, 2.24) is 0 Å². The molecule has 2 amide bonds. The number of hydrogen-bond acceptors (Lipinski definition) is 3. The molecule has 0 radical (unpaired) electrons. The van der Waals surface area contributed by atoms with Crippen LogP contribution < -0.4 is 9.64 Å². The second kappa shape index (κ2) is 6.72. The molecule has 4 nitrogen and oxygen atoms in total. The number of fused-ring (bicyclic) bond motifs is 1. The Labute approximate surface area is 165 Å². The van der Waals surface area contributed by atoms with Crippen molar-refractivity contribution >= 4 is 40.7 Å². The van der Waals surface area contributed by atoms with Gasteiger partial charge in [-0.15, -0.1) is 0 Å². The fourth-order valence-corrected chi connectivity index (χ4v) is 3.32. The molecule has 6 heteroatoms. The summed E-state index contributed by atoms with van der Waals surface area (Å²) < 4.78 is 5.90. The first kappa shape index (κ1) is 17.6. The van der Waals surface area contributed by atoms with Crippen molar-refractivity contribution in [3.8, 4) is 11.5 Å². The molecule has 0 fully saturated rings. The van der Waals surface area contributed by atoms with Crippen LogP contribution in [0, 0.1) is 6.92 Å².